The molecule has 4 aromatic rings. The minimum atomic E-state index is 0.135. The van der Waals surface area contributed by atoms with Gasteiger partial charge in [0.25, 0.3) is 0 Å². The van der Waals surface area contributed by atoms with E-state index in [-0.39, 0.29) is 5.41 Å². The summed E-state index contributed by atoms with van der Waals surface area (Å²) in [7, 11) is 0. The van der Waals surface area contributed by atoms with Gasteiger partial charge in [0, 0.05) is 34.6 Å². The molecule has 4 rings (SSSR count). The lowest BCUT2D eigenvalue weighted by Gasteiger charge is -2.19. The number of nitrogens with two attached hydrogens (primary N) is 1. The summed E-state index contributed by atoms with van der Waals surface area (Å²) >= 11 is 0. The van der Waals surface area contributed by atoms with E-state index in [1.165, 1.54) is 5.56 Å². The fourth-order valence-corrected chi connectivity index (χ4v) is 3.11. The monoisotopic (exact) mass is 342 g/mol. The summed E-state index contributed by atoms with van der Waals surface area (Å²) in [5, 5.41) is 0.995. The molecule has 0 saturated carbocycles. The molecule has 2 aromatic carbocycles. The van der Waals surface area contributed by atoms with Crippen LogP contribution in [0.4, 0.5) is 5.69 Å². The van der Waals surface area contributed by atoms with Crippen LogP contribution in [-0.4, -0.2) is 4.98 Å². The largest absolute Gasteiger partial charge is 0.455 e. The first kappa shape index (κ1) is 16.4. The summed E-state index contributed by atoms with van der Waals surface area (Å²) in [4.78, 5) is 4.40. The summed E-state index contributed by atoms with van der Waals surface area (Å²) in [6.07, 6.45) is 3.71. The van der Waals surface area contributed by atoms with Gasteiger partial charge in [-0.25, -0.2) is 0 Å². The molecule has 2 heterocycles. The molecule has 26 heavy (non-hydrogen) atoms. The molecule has 3 heteroatoms. The molecule has 0 saturated heterocycles. The van der Waals surface area contributed by atoms with E-state index in [9.17, 15) is 0 Å². The number of hydrogen-bond donors (Lipinski definition) is 1. The molecule has 0 bridgehead atoms. The lowest BCUT2D eigenvalue weighted by molar-refractivity contribution is 0.590. The van der Waals surface area contributed by atoms with Gasteiger partial charge in [-0.05, 0) is 46.9 Å². The average molecular weight is 342 g/mol. The Balaban J connectivity index is 1.80. The van der Waals surface area contributed by atoms with Crippen molar-refractivity contribution in [3.63, 3.8) is 0 Å². The number of nitrogen functional groups attached to an aromatic ring is 1. The summed E-state index contributed by atoms with van der Waals surface area (Å²) in [6.45, 7) is 6.65. The zero-order valence-electron chi connectivity index (χ0n) is 15.3. The second-order valence-corrected chi connectivity index (χ2v) is 7.67. The van der Waals surface area contributed by atoms with Crippen LogP contribution in [0.5, 0.6) is 0 Å². The van der Waals surface area contributed by atoms with Crippen LogP contribution >= 0.6 is 0 Å². The molecule has 0 fully saturated rings. The van der Waals surface area contributed by atoms with E-state index in [2.05, 4.69) is 50.0 Å². The lowest BCUT2D eigenvalue weighted by atomic mass is 9.86. The second kappa shape index (κ2) is 6.03. The molecule has 0 aliphatic carbocycles. The van der Waals surface area contributed by atoms with Crippen molar-refractivity contribution in [3.8, 4) is 22.5 Å². The number of hydrogen-bond acceptors (Lipinski definition) is 3. The fraction of sp³-hybridized carbons (Fsp3) is 0.174. The maximum Gasteiger partial charge on any atom is 0.145 e. The minimum absolute atomic E-state index is 0.135. The van der Waals surface area contributed by atoms with Crippen molar-refractivity contribution < 1.29 is 4.42 Å². The second-order valence-electron chi connectivity index (χ2n) is 7.67. The van der Waals surface area contributed by atoms with E-state index in [1.807, 2.05) is 42.7 Å². The number of fused-ring (bicyclic) bond motifs is 1. The smallest absolute Gasteiger partial charge is 0.145 e. The first-order valence-corrected chi connectivity index (χ1v) is 8.76. The number of aromatic nitrogens is 1. The maximum atomic E-state index is 6.20. The lowest BCUT2D eigenvalue weighted by Crippen LogP contribution is -2.10. The van der Waals surface area contributed by atoms with Crippen molar-refractivity contribution in [1.29, 1.82) is 0 Å². The third kappa shape index (κ3) is 2.97. The molecular weight excluding hydrogens is 320 g/mol. The van der Waals surface area contributed by atoms with Crippen LogP contribution in [0.3, 0.4) is 0 Å². The van der Waals surface area contributed by atoms with Gasteiger partial charge in [-0.2, -0.15) is 0 Å². The van der Waals surface area contributed by atoms with E-state index in [4.69, 9.17) is 10.2 Å². The quantitative estimate of drug-likeness (QED) is 0.452. The van der Waals surface area contributed by atoms with E-state index >= 15 is 0 Å². The SMILES string of the molecule is CC(C)(C)c1ccc(-c2cncc3cc(-c4ccc(N)cc4)oc23)cc1. The molecule has 0 aliphatic heterocycles. The van der Waals surface area contributed by atoms with Crippen molar-refractivity contribution in [2.75, 3.05) is 5.73 Å². The number of anilines is 1. The van der Waals surface area contributed by atoms with Crippen LogP contribution in [0, 0.1) is 0 Å². The van der Waals surface area contributed by atoms with Crippen molar-refractivity contribution in [2.45, 2.75) is 26.2 Å². The summed E-state index contributed by atoms with van der Waals surface area (Å²) in [5.41, 5.74) is 11.9. The number of nitrogens with zero attached hydrogens (tertiary/aromatic N) is 1. The third-order valence-corrected chi connectivity index (χ3v) is 4.68. The van der Waals surface area contributed by atoms with Crippen LogP contribution in [0.25, 0.3) is 33.4 Å². The molecule has 0 unspecified atom stereocenters. The molecule has 2 aromatic heterocycles. The normalized spacial score (nSPS) is 11.8. The highest BCUT2D eigenvalue weighted by atomic mass is 16.3. The fourth-order valence-electron chi connectivity index (χ4n) is 3.11. The van der Waals surface area contributed by atoms with Gasteiger partial charge in [0.15, 0.2) is 0 Å². The molecule has 130 valence electrons. The van der Waals surface area contributed by atoms with E-state index in [0.717, 1.165) is 39.1 Å². The van der Waals surface area contributed by atoms with Crippen molar-refractivity contribution in [1.82, 2.24) is 4.98 Å². The van der Waals surface area contributed by atoms with Crippen molar-refractivity contribution in [2.24, 2.45) is 0 Å². The molecule has 0 spiro atoms. The van der Waals surface area contributed by atoms with Crippen LogP contribution in [0.2, 0.25) is 0 Å². The number of pyridine rings is 1. The van der Waals surface area contributed by atoms with Gasteiger partial charge in [-0.1, -0.05) is 45.0 Å². The molecular formula is C23H22N2O. The molecule has 0 atom stereocenters. The predicted molar refractivity (Wildman–Crippen MR) is 108 cm³/mol. The Morgan fingerprint density at radius 2 is 1.50 bits per heavy atom. The van der Waals surface area contributed by atoms with Crippen molar-refractivity contribution >= 4 is 16.7 Å². The Labute approximate surface area is 153 Å². The Hall–Kier alpha value is -3.07. The zero-order chi connectivity index (χ0) is 18.3. The number of rotatable bonds is 2. The highest BCUT2D eigenvalue weighted by Crippen LogP contribution is 2.35. The average Bonchev–Trinajstić information content (AvgIpc) is 3.06. The highest BCUT2D eigenvalue weighted by molar-refractivity contribution is 5.94. The van der Waals surface area contributed by atoms with E-state index in [0.29, 0.717) is 0 Å². The van der Waals surface area contributed by atoms with Gasteiger partial charge in [-0.3, -0.25) is 4.98 Å². The molecule has 3 nitrogen and oxygen atoms in total. The van der Waals surface area contributed by atoms with E-state index < -0.39 is 0 Å². The van der Waals surface area contributed by atoms with Gasteiger partial charge < -0.3 is 10.2 Å². The van der Waals surface area contributed by atoms with Gasteiger partial charge in [-0.15, -0.1) is 0 Å². The summed E-state index contributed by atoms with van der Waals surface area (Å²) in [5.74, 6) is 0.820. The zero-order valence-corrected chi connectivity index (χ0v) is 15.3. The van der Waals surface area contributed by atoms with Gasteiger partial charge >= 0.3 is 0 Å². The topological polar surface area (TPSA) is 52.0 Å². The highest BCUT2D eigenvalue weighted by Gasteiger charge is 2.15. The summed E-state index contributed by atoms with van der Waals surface area (Å²) in [6, 6.07) is 18.4. The van der Waals surface area contributed by atoms with Crippen LogP contribution in [0.15, 0.2) is 71.4 Å². The Morgan fingerprint density at radius 3 is 2.15 bits per heavy atom. The Kier molecular flexibility index (Phi) is 3.80. The number of furan rings is 1. The first-order chi connectivity index (χ1) is 12.4. The predicted octanol–water partition coefficient (Wildman–Crippen LogP) is 6.04. The first-order valence-electron chi connectivity index (χ1n) is 8.76. The van der Waals surface area contributed by atoms with Gasteiger partial charge in [0.2, 0.25) is 0 Å². The molecule has 0 aliphatic rings. The molecule has 0 radical (unpaired) electrons. The third-order valence-electron chi connectivity index (χ3n) is 4.68. The standard InChI is InChI=1S/C23H22N2O/c1-23(2,3)18-8-4-15(5-9-18)20-14-25-13-17-12-21(26-22(17)20)16-6-10-19(24)11-7-16/h4-14H,24H2,1-3H3. The Morgan fingerprint density at radius 1 is 0.846 bits per heavy atom. The van der Waals surface area contributed by atoms with E-state index in [1.54, 1.807) is 0 Å². The number of benzene rings is 2. The van der Waals surface area contributed by atoms with Gasteiger partial charge in [0.05, 0.1) is 0 Å². The maximum absolute atomic E-state index is 6.20. The minimum Gasteiger partial charge on any atom is -0.455 e. The van der Waals surface area contributed by atoms with Crippen LogP contribution in [-0.2, 0) is 5.41 Å². The Bertz CT molecular complexity index is 1050. The van der Waals surface area contributed by atoms with Crippen molar-refractivity contribution in [3.05, 3.63) is 72.6 Å². The summed E-state index contributed by atoms with van der Waals surface area (Å²) < 4.78 is 6.20. The van der Waals surface area contributed by atoms with Crippen LogP contribution < -0.4 is 5.73 Å². The molecule has 0 amide bonds. The molecule has 2 N–H and O–H groups in total. The van der Waals surface area contributed by atoms with Crippen LogP contribution in [0.1, 0.15) is 26.3 Å². The van der Waals surface area contributed by atoms with Gasteiger partial charge in [0.1, 0.15) is 11.3 Å².